The van der Waals surface area contributed by atoms with E-state index in [1.807, 2.05) is 0 Å². The van der Waals surface area contributed by atoms with Crippen molar-refractivity contribution in [2.75, 3.05) is 7.05 Å². The number of nitrogens with zero attached hydrogens (tertiary/aromatic N) is 2. The highest BCUT2D eigenvalue weighted by atomic mass is 79.9. The number of aromatic nitrogens is 1. The second kappa shape index (κ2) is 5.96. The lowest BCUT2D eigenvalue weighted by atomic mass is 10.3. The number of carbonyl (C=O) groups is 1. The zero-order valence-electron chi connectivity index (χ0n) is 10.9. The first-order valence-corrected chi connectivity index (χ1v) is 7.93. The fourth-order valence-electron chi connectivity index (χ4n) is 1.63. The highest BCUT2D eigenvalue weighted by Gasteiger charge is 2.28. The van der Waals surface area contributed by atoms with Crippen LogP contribution >= 0.6 is 15.9 Å². The van der Waals surface area contributed by atoms with Crippen molar-refractivity contribution in [2.24, 2.45) is 0 Å². The molecule has 0 radical (unpaired) electrons. The molecule has 0 saturated carbocycles. The third-order valence-corrected chi connectivity index (χ3v) is 5.34. The first kappa shape index (κ1) is 15.7. The molecule has 21 heavy (non-hydrogen) atoms. The van der Waals surface area contributed by atoms with Crippen molar-refractivity contribution >= 4 is 31.9 Å². The van der Waals surface area contributed by atoms with Crippen LogP contribution in [0.15, 0.2) is 44.6 Å². The third kappa shape index (κ3) is 3.31. The van der Waals surface area contributed by atoms with Gasteiger partial charge in [-0.15, -0.1) is 0 Å². The maximum atomic E-state index is 12.4. The summed E-state index contributed by atoms with van der Waals surface area (Å²) in [7, 11) is -2.49. The number of rotatable bonds is 5. The fraction of sp³-hybridized carbons (Fsp3) is 0.167. The van der Waals surface area contributed by atoms with Crippen LogP contribution < -0.4 is 0 Å². The van der Waals surface area contributed by atoms with Crippen molar-refractivity contribution in [1.29, 1.82) is 0 Å². The fourth-order valence-corrected chi connectivity index (χ4v) is 3.69. The van der Waals surface area contributed by atoms with Crippen LogP contribution in [0, 0.1) is 0 Å². The van der Waals surface area contributed by atoms with Crippen LogP contribution in [-0.2, 0) is 16.6 Å². The zero-order valence-corrected chi connectivity index (χ0v) is 13.3. The maximum absolute atomic E-state index is 12.4. The molecule has 0 atom stereocenters. The SMILES string of the molecule is CN(Cc1cccnc1)S(=O)(=O)c1cc(C(=O)O)oc1Br. The second-order valence-corrected chi connectivity index (χ2v) is 6.91. The number of furan rings is 1. The van der Waals surface area contributed by atoms with Gasteiger partial charge in [0.2, 0.25) is 15.8 Å². The van der Waals surface area contributed by atoms with Gasteiger partial charge in [-0.1, -0.05) is 6.07 Å². The summed E-state index contributed by atoms with van der Waals surface area (Å²) in [5.41, 5.74) is 0.710. The number of pyridine rings is 1. The molecule has 0 saturated heterocycles. The standard InChI is InChI=1S/C12H11BrN2O5S/c1-15(7-8-3-2-4-14-6-8)21(18,19)10-5-9(12(16)17)20-11(10)13/h2-6H,7H2,1H3,(H,16,17). The summed E-state index contributed by atoms with van der Waals surface area (Å²) in [5.74, 6) is -1.79. The molecule has 2 rings (SSSR count). The summed E-state index contributed by atoms with van der Waals surface area (Å²) < 4.78 is 30.6. The zero-order chi connectivity index (χ0) is 15.6. The predicted octanol–water partition coefficient (Wildman–Crippen LogP) is 1.96. The normalized spacial score (nSPS) is 11.8. The van der Waals surface area contributed by atoms with Gasteiger partial charge >= 0.3 is 5.97 Å². The number of halogens is 1. The first-order chi connectivity index (χ1) is 9.82. The molecule has 2 heterocycles. The van der Waals surface area contributed by atoms with Crippen LogP contribution in [0.5, 0.6) is 0 Å². The van der Waals surface area contributed by atoms with Crippen molar-refractivity contribution in [3.8, 4) is 0 Å². The Hall–Kier alpha value is -1.71. The molecule has 0 unspecified atom stereocenters. The monoisotopic (exact) mass is 374 g/mol. The number of carboxylic acid groups (broad SMARTS) is 1. The van der Waals surface area contributed by atoms with Crippen LogP contribution in [-0.4, -0.2) is 35.8 Å². The average molecular weight is 375 g/mol. The molecular weight excluding hydrogens is 364 g/mol. The summed E-state index contributed by atoms with van der Waals surface area (Å²) in [6.45, 7) is 0.107. The average Bonchev–Trinajstić information content (AvgIpc) is 2.83. The van der Waals surface area contributed by atoms with Crippen LogP contribution in [0.1, 0.15) is 16.1 Å². The Morgan fingerprint density at radius 2 is 2.24 bits per heavy atom. The van der Waals surface area contributed by atoms with Crippen molar-refractivity contribution in [1.82, 2.24) is 9.29 Å². The van der Waals surface area contributed by atoms with Gasteiger partial charge in [0, 0.05) is 32.1 Å². The van der Waals surface area contributed by atoms with Crippen molar-refractivity contribution in [3.63, 3.8) is 0 Å². The molecule has 0 aromatic carbocycles. The molecule has 0 bridgehead atoms. The summed E-state index contributed by atoms with van der Waals surface area (Å²) >= 11 is 2.93. The van der Waals surface area contributed by atoms with Crippen LogP contribution in [0.2, 0.25) is 0 Å². The maximum Gasteiger partial charge on any atom is 0.371 e. The highest BCUT2D eigenvalue weighted by Crippen LogP contribution is 2.28. The largest absolute Gasteiger partial charge is 0.475 e. The lowest BCUT2D eigenvalue weighted by molar-refractivity contribution is 0.0661. The van der Waals surface area contributed by atoms with E-state index in [1.165, 1.54) is 7.05 Å². The number of aromatic carboxylic acids is 1. The Morgan fingerprint density at radius 1 is 1.52 bits per heavy atom. The first-order valence-electron chi connectivity index (χ1n) is 5.70. The molecule has 1 N–H and O–H groups in total. The summed E-state index contributed by atoms with van der Waals surface area (Å²) in [6.07, 6.45) is 3.14. The van der Waals surface area contributed by atoms with Gasteiger partial charge < -0.3 is 9.52 Å². The van der Waals surface area contributed by atoms with E-state index >= 15 is 0 Å². The quantitative estimate of drug-likeness (QED) is 0.858. The van der Waals surface area contributed by atoms with E-state index in [0.717, 1.165) is 10.4 Å². The molecule has 2 aromatic rings. The predicted molar refractivity (Wildman–Crippen MR) is 76.3 cm³/mol. The van der Waals surface area contributed by atoms with E-state index in [0.29, 0.717) is 5.56 Å². The van der Waals surface area contributed by atoms with Gasteiger partial charge in [0.05, 0.1) is 0 Å². The smallest absolute Gasteiger partial charge is 0.371 e. The topological polar surface area (TPSA) is 101 Å². The van der Waals surface area contributed by atoms with Crippen LogP contribution in [0.25, 0.3) is 0 Å². The molecule has 0 aliphatic heterocycles. The molecule has 0 amide bonds. The lowest BCUT2D eigenvalue weighted by Crippen LogP contribution is -2.26. The Morgan fingerprint density at radius 3 is 2.76 bits per heavy atom. The van der Waals surface area contributed by atoms with Gasteiger partial charge in [-0.2, -0.15) is 4.31 Å². The Kier molecular flexibility index (Phi) is 4.45. The molecule has 7 nitrogen and oxygen atoms in total. The molecule has 112 valence electrons. The van der Waals surface area contributed by atoms with Gasteiger partial charge in [-0.25, -0.2) is 13.2 Å². The summed E-state index contributed by atoms with van der Waals surface area (Å²) in [5, 5.41) is 8.83. The van der Waals surface area contributed by atoms with Gasteiger partial charge in [0.25, 0.3) is 0 Å². The molecule has 0 aliphatic carbocycles. The van der Waals surface area contributed by atoms with Gasteiger partial charge in [0.15, 0.2) is 4.67 Å². The van der Waals surface area contributed by atoms with E-state index in [2.05, 4.69) is 20.9 Å². The van der Waals surface area contributed by atoms with Gasteiger partial charge in [-0.05, 0) is 27.6 Å². The van der Waals surface area contributed by atoms with E-state index in [4.69, 9.17) is 9.52 Å². The lowest BCUT2D eigenvalue weighted by Gasteiger charge is -2.16. The summed E-state index contributed by atoms with van der Waals surface area (Å²) in [4.78, 5) is 14.5. The molecule has 0 fully saturated rings. The second-order valence-electron chi connectivity index (χ2n) is 4.18. The molecule has 2 aromatic heterocycles. The van der Waals surface area contributed by atoms with Crippen LogP contribution in [0.3, 0.4) is 0 Å². The number of hydrogen-bond acceptors (Lipinski definition) is 5. The van der Waals surface area contributed by atoms with Crippen molar-refractivity contribution in [2.45, 2.75) is 11.4 Å². The Bertz CT molecular complexity index is 757. The number of hydrogen-bond donors (Lipinski definition) is 1. The molecular formula is C12H11BrN2O5S. The third-order valence-electron chi connectivity index (χ3n) is 2.68. The Labute approximate surface area is 129 Å². The molecule has 9 heteroatoms. The van der Waals surface area contributed by atoms with Crippen molar-refractivity contribution in [3.05, 3.63) is 46.6 Å². The van der Waals surface area contributed by atoms with E-state index < -0.39 is 21.8 Å². The highest BCUT2D eigenvalue weighted by molar-refractivity contribution is 9.10. The number of sulfonamides is 1. The minimum Gasteiger partial charge on any atom is -0.475 e. The Balaban J connectivity index is 2.31. The van der Waals surface area contributed by atoms with Crippen molar-refractivity contribution < 1.29 is 22.7 Å². The van der Waals surface area contributed by atoms with Gasteiger partial charge in [-0.3, -0.25) is 4.98 Å². The summed E-state index contributed by atoms with van der Waals surface area (Å²) in [6, 6.07) is 4.42. The minimum absolute atomic E-state index is 0.107. The molecule has 0 spiro atoms. The minimum atomic E-state index is -3.88. The van der Waals surface area contributed by atoms with E-state index in [1.54, 1.807) is 24.5 Å². The number of carboxylic acids is 1. The van der Waals surface area contributed by atoms with Crippen LogP contribution in [0.4, 0.5) is 0 Å². The van der Waals surface area contributed by atoms with E-state index in [9.17, 15) is 13.2 Å². The van der Waals surface area contributed by atoms with Gasteiger partial charge in [0.1, 0.15) is 4.90 Å². The van der Waals surface area contributed by atoms with E-state index in [-0.39, 0.29) is 16.1 Å². The molecule has 0 aliphatic rings.